The standard InChI is InChI=1S/C25H37N.CH4O/c1-9-24(18(4)5)25(16-26)21(8)19(6)12-10-11-13-20(7)23-14-22(15-23)17(2)3;1-2/h9,11-13,17-18,22-23H,7,10,14-15H2,1-6,8H3;2H,1H3/b13-11-,19-12?,24-9-,25-21+;. The summed E-state index contributed by atoms with van der Waals surface area (Å²) in [5.74, 6) is 2.72. The van der Waals surface area contributed by atoms with Gasteiger partial charge in [-0.05, 0) is 74.9 Å². The van der Waals surface area contributed by atoms with E-state index in [4.69, 9.17) is 5.11 Å². The number of rotatable bonds is 8. The van der Waals surface area contributed by atoms with Gasteiger partial charge in [-0.15, -0.1) is 0 Å². The number of nitriles is 1. The summed E-state index contributed by atoms with van der Waals surface area (Å²) in [6, 6.07) is 2.41. The van der Waals surface area contributed by atoms with E-state index in [1.165, 1.54) is 24.0 Å². The zero-order chi connectivity index (χ0) is 21.9. The Labute approximate surface area is 174 Å². The van der Waals surface area contributed by atoms with Crippen molar-refractivity contribution in [3.63, 3.8) is 0 Å². The van der Waals surface area contributed by atoms with Crippen LogP contribution < -0.4 is 0 Å². The van der Waals surface area contributed by atoms with E-state index in [-0.39, 0.29) is 0 Å². The molecule has 1 rings (SSSR count). The Hall–Kier alpha value is -1.85. The van der Waals surface area contributed by atoms with Crippen molar-refractivity contribution in [3.8, 4) is 6.07 Å². The van der Waals surface area contributed by atoms with Gasteiger partial charge in [-0.3, -0.25) is 0 Å². The van der Waals surface area contributed by atoms with Crippen molar-refractivity contribution in [1.29, 1.82) is 5.26 Å². The highest BCUT2D eigenvalue weighted by atomic mass is 16.2. The van der Waals surface area contributed by atoms with Gasteiger partial charge in [-0.25, -0.2) is 0 Å². The maximum Gasteiger partial charge on any atom is 0.0997 e. The Morgan fingerprint density at radius 2 is 1.75 bits per heavy atom. The van der Waals surface area contributed by atoms with Gasteiger partial charge in [0.05, 0.1) is 11.6 Å². The first-order valence-electron chi connectivity index (χ1n) is 10.5. The largest absolute Gasteiger partial charge is 0.400 e. The number of hydrogen-bond donors (Lipinski definition) is 1. The lowest BCUT2D eigenvalue weighted by Gasteiger charge is -2.38. The zero-order valence-corrected chi connectivity index (χ0v) is 19.3. The summed E-state index contributed by atoms with van der Waals surface area (Å²) in [6.07, 6.45) is 12.1. The predicted octanol–water partition coefficient (Wildman–Crippen LogP) is 7.17. The summed E-state index contributed by atoms with van der Waals surface area (Å²) in [4.78, 5) is 0. The second kappa shape index (κ2) is 13.3. The van der Waals surface area contributed by atoms with Crippen molar-refractivity contribution in [2.24, 2.45) is 23.7 Å². The first kappa shape index (κ1) is 26.1. The zero-order valence-electron chi connectivity index (χ0n) is 19.3. The third kappa shape index (κ3) is 7.64. The molecule has 1 saturated carbocycles. The molecule has 0 saturated heterocycles. The van der Waals surface area contributed by atoms with E-state index in [1.807, 2.05) is 6.92 Å². The monoisotopic (exact) mass is 383 g/mol. The van der Waals surface area contributed by atoms with Crippen molar-refractivity contribution < 1.29 is 5.11 Å². The Morgan fingerprint density at radius 1 is 1.18 bits per heavy atom. The smallest absolute Gasteiger partial charge is 0.0997 e. The van der Waals surface area contributed by atoms with Gasteiger partial charge in [-0.1, -0.05) is 69.7 Å². The van der Waals surface area contributed by atoms with E-state index in [0.717, 1.165) is 42.1 Å². The number of nitrogens with zero attached hydrogens (tertiary/aromatic N) is 1. The summed E-state index contributed by atoms with van der Waals surface area (Å²) < 4.78 is 0. The van der Waals surface area contributed by atoms with Crippen molar-refractivity contribution >= 4 is 0 Å². The maximum atomic E-state index is 9.59. The predicted molar refractivity (Wildman–Crippen MR) is 123 cm³/mol. The van der Waals surface area contributed by atoms with E-state index >= 15 is 0 Å². The molecule has 2 heteroatoms. The maximum absolute atomic E-state index is 9.59. The first-order chi connectivity index (χ1) is 13.2. The van der Waals surface area contributed by atoms with Crippen LogP contribution in [0, 0.1) is 35.0 Å². The van der Waals surface area contributed by atoms with Crippen LogP contribution in [0.2, 0.25) is 0 Å². The van der Waals surface area contributed by atoms with Gasteiger partial charge >= 0.3 is 0 Å². The Bertz CT molecular complexity index is 659. The Morgan fingerprint density at radius 3 is 2.18 bits per heavy atom. The lowest BCUT2D eigenvalue weighted by atomic mass is 9.67. The fourth-order valence-corrected chi connectivity index (χ4v) is 3.59. The van der Waals surface area contributed by atoms with E-state index in [2.05, 4.69) is 78.5 Å². The SMILES string of the molecule is C=C(/C=C\CC=C(C)/C(C)=C(C#N)/C(=C\C)C(C)C)C1CC(C(C)C)C1.CO. The molecular formula is C26H41NO. The van der Waals surface area contributed by atoms with Crippen molar-refractivity contribution in [3.05, 3.63) is 58.7 Å². The second-order valence-corrected chi connectivity index (χ2v) is 8.28. The van der Waals surface area contributed by atoms with Crippen LogP contribution in [0.5, 0.6) is 0 Å². The molecule has 2 nitrogen and oxygen atoms in total. The fourth-order valence-electron chi connectivity index (χ4n) is 3.59. The van der Waals surface area contributed by atoms with Crippen molar-refractivity contribution in [1.82, 2.24) is 0 Å². The summed E-state index contributed by atoms with van der Waals surface area (Å²) in [6.45, 7) is 19.3. The summed E-state index contributed by atoms with van der Waals surface area (Å²) in [5, 5.41) is 16.6. The highest BCUT2D eigenvalue weighted by Gasteiger charge is 2.31. The topological polar surface area (TPSA) is 44.0 Å². The molecule has 0 aromatic heterocycles. The van der Waals surface area contributed by atoms with E-state index in [1.54, 1.807) is 0 Å². The van der Waals surface area contributed by atoms with Gasteiger partial charge in [0, 0.05) is 7.11 Å². The van der Waals surface area contributed by atoms with Crippen LogP contribution in [0.1, 0.15) is 67.7 Å². The van der Waals surface area contributed by atoms with Crippen molar-refractivity contribution in [2.45, 2.75) is 67.7 Å². The minimum absolute atomic E-state index is 0.359. The number of aliphatic hydroxyl groups is 1. The molecule has 0 spiro atoms. The average Bonchev–Trinajstić information content (AvgIpc) is 2.62. The number of aliphatic hydroxyl groups excluding tert-OH is 1. The molecule has 0 aliphatic heterocycles. The molecule has 0 unspecified atom stereocenters. The normalized spacial score (nSPS) is 21.1. The molecule has 0 radical (unpaired) electrons. The third-order valence-electron chi connectivity index (χ3n) is 5.83. The number of hydrogen-bond acceptors (Lipinski definition) is 2. The molecule has 1 aliphatic rings. The molecule has 1 fully saturated rings. The van der Waals surface area contributed by atoms with E-state index < -0.39 is 0 Å². The summed E-state index contributed by atoms with van der Waals surface area (Å²) >= 11 is 0. The van der Waals surface area contributed by atoms with Gasteiger partial charge in [0.25, 0.3) is 0 Å². The van der Waals surface area contributed by atoms with Crippen LogP contribution in [0.4, 0.5) is 0 Å². The van der Waals surface area contributed by atoms with Crippen LogP contribution >= 0.6 is 0 Å². The molecule has 28 heavy (non-hydrogen) atoms. The third-order valence-corrected chi connectivity index (χ3v) is 5.83. The molecule has 0 aromatic rings. The lowest BCUT2D eigenvalue weighted by Crippen LogP contribution is -2.28. The number of allylic oxidation sites excluding steroid dienone is 9. The molecule has 0 atom stereocenters. The minimum atomic E-state index is 0.359. The fraction of sp³-hybridized carbons (Fsp3) is 0.577. The molecular weight excluding hydrogens is 342 g/mol. The molecule has 1 aliphatic carbocycles. The molecule has 1 N–H and O–H groups in total. The van der Waals surface area contributed by atoms with Crippen LogP contribution in [-0.4, -0.2) is 12.2 Å². The highest BCUT2D eigenvalue weighted by molar-refractivity contribution is 5.51. The van der Waals surface area contributed by atoms with Gasteiger partial charge in [0.2, 0.25) is 0 Å². The minimum Gasteiger partial charge on any atom is -0.400 e. The molecule has 0 aromatic carbocycles. The van der Waals surface area contributed by atoms with Crippen LogP contribution in [-0.2, 0) is 0 Å². The van der Waals surface area contributed by atoms with E-state index in [9.17, 15) is 5.26 Å². The lowest BCUT2D eigenvalue weighted by molar-refractivity contribution is 0.171. The van der Waals surface area contributed by atoms with Crippen LogP contribution in [0.15, 0.2) is 58.7 Å². The second-order valence-electron chi connectivity index (χ2n) is 8.28. The van der Waals surface area contributed by atoms with Crippen LogP contribution in [0.3, 0.4) is 0 Å². The first-order valence-corrected chi connectivity index (χ1v) is 10.5. The highest BCUT2D eigenvalue weighted by Crippen LogP contribution is 2.42. The average molecular weight is 384 g/mol. The summed E-state index contributed by atoms with van der Waals surface area (Å²) in [5.41, 5.74) is 5.49. The van der Waals surface area contributed by atoms with Gasteiger partial charge in [0.1, 0.15) is 0 Å². The van der Waals surface area contributed by atoms with Gasteiger partial charge in [-0.2, -0.15) is 5.26 Å². The molecule has 0 heterocycles. The molecule has 0 bridgehead atoms. The molecule has 0 amide bonds. The Kier molecular flexibility index (Phi) is 12.5. The molecule has 156 valence electrons. The van der Waals surface area contributed by atoms with Crippen LogP contribution in [0.25, 0.3) is 0 Å². The van der Waals surface area contributed by atoms with E-state index in [0.29, 0.717) is 11.8 Å². The summed E-state index contributed by atoms with van der Waals surface area (Å²) in [7, 11) is 1.00. The van der Waals surface area contributed by atoms with Gasteiger partial charge in [0.15, 0.2) is 0 Å². The van der Waals surface area contributed by atoms with Crippen molar-refractivity contribution in [2.75, 3.05) is 7.11 Å². The van der Waals surface area contributed by atoms with Gasteiger partial charge < -0.3 is 5.11 Å². The Balaban J connectivity index is 0.00000352. The quantitative estimate of drug-likeness (QED) is 0.357.